The molecule has 1 aliphatic heterocycles. The number of aliphatic hydroxyl groups is 3. The van der Waals surface area contributed by atoms with Crippen LogP contribution in [0.25, 0.3) is 5.70 Å². The maximum absolute atomic E-state index is 13.6. The van der Waals surface area contributed by atoms with Crippen LogP contribution >= 0.6 is 11.8 Å². The minimum absolute atomic E-state index is 0.114. The average molecular weight is 419 g/mol. The highest BCUT2D eigenvalue weighted by atomic mass is 32.2. The molecule has 0 saturated carbocycles. The molecule has 9 heteroatoms. The van der Waals surface area contributed by atoms with Gasteiger partial charge in [0.2, 0.25) is 0 Å². The molecule has 1 aliphatic rings. The Bertz CT molecular complexity index is 669. The topological polar surface area (TPSA) is 108 Å². The first-order valence-corrected chi connectivity index (χ1v) is 10.3. The highest BCUT2D eigenvalue weighted by Gasteiger charge is 2.44. The van der Waals surface area contributed by atoms with Crippen LogP contribution in [-0.4, -0.2) is 57.5 Å². The van der Waals surface area contributed by atoms with Gasteiger partial charge >= 0.3 is 0 Å². The minimum atomic E-state index is -1.18. The molecule has 28 heavy (non-hydrogen) atoms. The number of rotatable bonds is 8. The number of hydrogen-bond donors (Lipinski definition) is 5. The fourth-order valence-corrected chi connectivity index (χ4v) is 4.20. The second kappa shape index (κ2) is 10.4. The van der Waals surface area contributed by atoms with E-state index in [9.17, 15) is 24.1 Å². The second-order valence-electron chi connectivity index (χ2n) is 6.81. The molecule has 1 aromatic carbocycles. The Morgan fingerprint density at radius 2 is 2.04 bits per heavy atom. The first-order valence-electron chi connectivity index (χ1n) is 9.21. The Morgan fingerprint density at radius 1 is 1.32 bits per heavy atom. The quantitative estimate of drug-likeness (QED) is 0.407. The van der Waals surface area contributed by atoms with E-state index in [1.807, 2.05) is 0 Å². The van der Waals surface area contributed by atoms with Crippen molar-refractivity contribution in [1.29, 1.82) is 0 Å². The summed E-state index contributed by atoms with van der Waals surface area (Å²) in [7, 11) is 0. The zero-order valence-electron chi connectivity index (χ0n) is 15.9. The molecular formula is C19H28F2N2O4S. The molecule has 1 saturated heterocycles. The van der Waals surface area contributed by atoms with Gasteiger partial charge in [-0.25, -0.2) is 8.78 Å². The predicted octanol–water partition coefficient (Wildman–Crippen LogP) is 1.46. The van der Waals surface area contributed by atoms with Crippen LogP contribution in [-0.2, 0) is 4.74 Å². The molecule has 5 atom stereocenters. The van der Waals surface area contributed by atoms with Crippen LogP contribution in [0.2, 0.25) is 0 Å². The molecule has 1 heterocycles. The van der Waals surface area contributed by atoms with Crippen LogP contribution in [0.15, 0.2) is 18.3 Å². The molecule has 0 bridgehead atoms. The Labute approximate surface area is 167 Å². The Balaban J connectivity index is 2.15. The molecule has 2 rings (SSSR count). The van der Waals surface area contributed by atoms with Gasteiger partial charge in [-0.05, 0) is 36.8 Å². The number of benzene rings is 1. The van der Waals surface area contributed by atoms with E-state index in [2.05, 4.69) is 12.2 Å². The molecule has 0 aromatic heterocycles. The van der Waals surface area contributed by atoms with Gasteiger partial charge in [0.1, 0.15) is 23.7 Å². The summed E-state index contributed by atoms with van der Waals surface area (Å²) in [5, 5.41) is 33.3. The molecule has 5 unspecified atom stereocenters. The Kier molecular flexibility index (Phi) is 8.51. The van der Waals surface area contributed by atoms with Crippen molar-refractivity contribution in [2.24, 2.45) is 5.73 Å². The van der Waals surface area contributed by atoms with Gasteiger partial charge in [0.25, 0.3) is 0 Å². The molecule has 0 aliphatic carbocycles. The van der Waals surface area contributed by atoms with E-state index >= 15 is 0 Å². The Morgan fingerprint density at radius 3 is 2.64 bits per heavy atom. The van der Waals surface area contributed by atoms with Gasteiger partial charge in [-0.1, -0.05) is 13.3 Å². The van der Waals surface area contributed by atoms with Gasteiger partial charge in [0.15, 0.2) is 11.6 Å². The largest absolute Gasteiger partial charge is 0.397 e. The number of nitrogens with two attached hydrogens (primary N) is 1. The zero-order valence-corrected chi connectivity index (χ0v) is 16.8. The van der Waals surface area contributed by atoms with Crippen molar-refractivity contribution in [3.05, 3.63) is 41.1 Å². The number of unbranched alkanes of at least 4 members (excludes halogenated alkanes) is 1. The molecule has 6 nitrogen and oxygen atoms in total. The fourth-order valence-electron chi connectivity index (χ4n) is 2.93. The molecule has 0 radical (unpaired) electrons. The minimum Gasteiger partial charge on any atom is -0.397 e. The summed E-state index contributed by atoms with van der Waals surface area (Å²) >= 11 is 1.41. The van der Waals surface area contributed by atoms with E-state index in [0.29, 0.717) is 0 Å². The number of ether oxygens (including phenoxy) is 1. The van der Waals surface area contributed by atoms with E-state index in [-0.39, 0.29) is 16.8 Å². The summed E-state index contributed by atoms with van der Waals surface area (Å²) in [6.45, 7) is 3.08. The molecule has 158 valence electrons. The van der Waals surface area contributed by atoms with Crippen molar-refractivity contribution in [2.45, 2.75) is 56.5 Å². The van der Waals surface area contributed by atoms with Gasteiger partial charge in [0.05, 0.1) is 18.3 Å². The molecule has 1 aromatic rings. The first-order chi connectivity index (χ1) is 13.3. The van der Waals surface area contributed by atoms with Gasteiger partial charge in [0, 0.05) is 11.8 Å². The van der Waals surface area contributed by atoms with Crippen molar-refractivity contribution >= 4 is 17.5 Å². The van der Waals surface area contributed by atoms with Gasteiger partial charge < -0.3 is 31.1 Å². The summed E-state index contributed by atoms with van der Waals surface area (Å²) in [5.41, 5.74) is 5.83. The third kappa shape index (κ3) is 5.36. The van der Waals surface area contributed by atoms with Crippen LogP contribution in [0.5, 0.6) is 0 Å². The number of aliphatic hydroxyl groups excluding tert-OH is 3. The monoisotopic (exact) mass is 418 g/mol. The fraction of sp³-hybridized carbons (Fsp3) is 0.579. The summed E-state index contributed by atoms with van der Waals surface area (Å²) in [6, 6.07) is 1.53. The van der Waals surface area contributed by atoms with E-state index in [4.69, 9.17) is 10.5 Å². The van der Waals surface area contributed by atoms with Gasteiger partial charge in [-0.15, -0.1) is 11.8 Å². The number of thioether (sulfide) groups is 1. The van der Waals surface area contributed by atoms with Gasteiger partial charge in [-0.2, -0.15) is 0 Å². The maximum Gasteiger partial charge on any atom is 0.161 e. The number of aryl methyl sites for hydroxylation is 1. The summed E-state index contributed by atoms with van der Waals surface area (Å²) in [6.07, 6.45) is 0.173. The van der Waals surface area contributed by atoms with Crippen LogP contribution in [0.4, 0.5) is 8.78 Å². The van der Waals surface area contributed by atoms with E-state index in [1.54, 1.807) is 0 Å². The van der Waals surface area contributed by atoms with Crippen LogP contribution in [0, 0.1) is 18.6 Å². The highest BCUT2D eigenvalue weighted by Crippen LogP contribution is 2.29. The van der Waals surface area contributed by atoms with Crippen molar-refractivity contribution in [3.63, 3.8) is 0 Å². The third-order valence-electron chi connectivity index (χ3n) is 4.64. The summed E-state index contributed by atoms with van der Waals surface area (Å²) in [5.74, 6) is -1.17. The van der Waals surface area contributed by atoms with Crippen molar-refractivity contribution in [1.82, 2.24) is 5.32 Å². The standard InChI is InChI=1S/C19H28F2N2O4S/c1-3-4-5-28-19-18(26)16(17(25)14(9-24)27-19)23-8-13(22)11-6-10(2)15(21)12(20)7-11/h6-8,14,16-19,23-26H,3-5,9,22H2,1-2H3/b13-8-. The molecule has 1 fully saturated rings. The van der Waals surface area contributed by atoms with Crippen molar-refractivity contribution in [2.75, 3.05) is 12.4 Å². The van der Waals surface area contributed by atoms with E-state index in [1.165, 1.54) is 31.0 Å². The smallest absolute Gasteiger partial charge is 0.161 e. The van der Waals surface area contributed by atoms with E-state index in [0.717, 1.165) is 24.7 Å². The zero-order chi connectivity index (χ0) is 20.8. The lowest BCUT2D eigenvalue weighted by molar-refractivity contribution is -0.164. The number of hydrogen-bond acceptors (Lipinski definition) is 7. The van der Waals surface area contributed by atoms with Crippen molar-refractivity contribution in [3.8, 4) is 0 Å². The normalized spacial score (nSPS) is 28.4. The SMILES string of the molecule is CCCCSC1OC(CO)C(O)C(N/C=C(\N)c2cc(C)c(F)c(F)c2)C1O. The van der Waals surface area contributed by atoms with Gasteiger partial charge in [-0.3, -0.25) is 0 Å². The Hall–Kier alpha value is -1.39. The molecule has 6 N–H and O–H groups in total. The van der Waals surface area contributed by atoms with Crippen LogP contribution < -0.4 is 11.1 Å². The van der Waals surface area contributed by atoms with E-state index < -0.39 is 48.0 Å². The first kappa shape index (κ1) is 22.9. The van der Waals surface area contributed by atoms with Crippen molar-refractivity contribution < 1.29 is 28.8 Å². The molecule has 0 amide bonds. The third-order valence-corrected chi connectivity index (χ3v) is 5.88. The number of nitrogens with one attached hydrogen (secondary N) is 1. The summed E-state index contributed by atoms with van der Waals surface area (Å²) in [4.78, 5) is 0. The lowest BCUT2D eigenvalue weighted by atomic mass is 9.97. The molecule has 0 spiro atoms. The maximum atomic E-state index is 13.6. The average Bonchev–Trinajstić information content (AvgIpc) is 2.67. The highest BCUT2D eigenvalue weighted by molar-refractivity contribution is 7.99. The van der Waals surface area contributed by atoms with Crippen LogP contribution in [0.1, 0.15) is 30.9 Å². The number of halogens is 2. The van der Waals surface area contributed by atoms with Crippen LogP contribution in [0.3, 0.4) is 0 Å². The predicted molar refractivity (Wildman–Crippen MR) is 105 cm³/mol. The lowest BCUT2D eigenvalue weighted by Gasteiger charge is -2.42. The lowest BCUT2D eigenvalue weighted by Crippen LogP contribution is -2.62. The second-order valence-corrected chi connectivity index (χ2v) is 8.02. The molecular weight excluding hydrogens is 390 g/mol. The summed E-state index contributed by atoms with van der Waals surface area (Å²) < 4.78 is 32.7.